The van der Waals surface area contributed by atoms with Crippen LogP contribution in [0.5, 0.6) is 0 Å². The molecule has 3 amide bonds. The van der Waals surface area contributed by atoms with Crippen LogP contribution in [0.2, 0.25) is 0 Å². The third-order valence-electron chi connectivity index (χ3n) is 7.82. The minimum Gasteiger partial charge on any atom is -0.307 e. The van der Waals surface area contributed by atoms with Gasteiger partial charge >= 0.3 is 0 Å². The molecule has 0 N–H and O–H groups in total. The third-order valence-corrected chi connectivity index (χ3v) is 7.82. The van der Waals surface area contributed by atoms with E-state index in [4.69, 9.17) is 0 Å². The molecule has 6 heteroatoms. The summed E-state index contributed by atoms with van der Waals surface area (Å²) in [5, 5.41) is 0. The number of carbonyl (C=O) groups excluding carboxylic acids is 3. The van der Waals surface area contributed by atoms with E-state index < -0.39 is 0 Å². The average molecular weight is 418 g/mol. The SMILES string of the molecule is O=C(C1CCCCC1)N1CN(C(=O)C2CCCCC2)CN(C(=O)C2CCCCC2)C1. The van der Waals surface area contributed by atoms with E-state index in [2.05, 4.69) is 0 Å². The van der Waals surface area contributed by atoms with Crippen LogP contribution in [-0.4, -0.2) is 52.4 Å². The Morgan fingerprint density at radius 1 is 0.400 bits per heavy atom. The topological polar surface area (TPSA) is 60.9 Å². The Morgan fingerprint density at radius 2 is 0.633 bits per heavy atom. The minimum atomic E-state index is 0.0649. The van der Waals surface area contributed by atoms with Gasteiger partial charge in [-0.05, 0) is 38.5 Å². The van der Waals surface area contributed by atoms with E-state index in [1.54, 1.807) is 14.7 Å². The normalized spacial score (nSPS) is 25.4. The van der Waals surface area contributed by atoms with Crippen LogP contribution in [0.25, 0.3) is 0 Å². The first kappa shape index (κ1) is 21.6. The molecule has 168 valence electrons. The monoisotopic (exact) mass is 417 g/mol. The van der Waals surface area contributed by atoms with Crippen molar-refractivity contribution in [1.82, 2.24) is 14.7 Å². The van der Waals surface area contributed by atoms with Gasteiger partial charge in [-0.3, -0.25) is 14.4 Å². The minimum absolute atomic E-state index is 0.0649. The zero-order valence-corrected chi connectivity index (χ0v) is 18.5. The highest BCUT2D eigenvalue weighted by molar-refractivity contribution is 5.84. The van der Waals surface area contributed by atoms with Gasteiger partial charge in [0.15, 0.2) is 0 Å². The molecule has 0 aromatic heterocycles. The van der Waals surface area contributed by atoms with E-state index >= 15 is 0 Å². The van der Waals surface area contributed by atoms with Crippen LogP contribution in [0.4, 0.5) is 0 Å². The number of hydrogen-bond acceptors (Lipinski definition) is 3. The Labute approximate surface area is 181 Å². The third kappa shape index (κ3) is 5.00. The molecule has 3 saturated carbocycles. The van der Waals surface area contributed by atoms with Gasteiger partial charge in [-0.2, -0.15) is 0 Å². The predicted octanol–water partition coefficient (Wildman–Crippen LogP) is 4.10. The van der Waals surface area contributed by atoms with Crippen LogP contribution >= 0.6 is 0 Å². The Morgan fingerprint density at radius 3 is 0.867 bits per heavy atom. The highest BCUT2D eigenvalue weighted by atomic mass is 16.2. The van der Waals surface area contributed by atoms with Gasteiger partial charge in [0.25, 0.3) is 0 Å². The van der Waals surface area contributed by atoms with Crippen molar-refractivity contribution in [1.29, 1.82) is 0 Å². The van der Waals surface area contributed by atoms with E-state index in [1.165, 1.54) is 19.3 Å². The summed E-state index contributed by atoms with van der Waals surface area (Å²) >= 11 is 0. The van der Waals surface area contributed by atoms with Crippen LogP contribution in [0.15, 0.2) is 0 Å². The Balaban J connectivity index is 1.48. The van der Waals surface area contributed by atoms with Crippen LogP contribution in [-0.2, 0) is 14.4 Å². The molecule has 1 aliphatic heterocycles. The Bertz CT molecular complexity index is 528. The molecule has 0 bridgehead atoms. The lowest BCUT2D eigenvalue weighted by Crippen LogP contribution is -2.62. The predicted molar refractivity (Wildman–Crippen MR) is 115 cm³/mol. The summed E-state index contributed by atoms with van der Waals surface area (Å²) in [5.41, 5.74) is 0. The zero-order valence-electron chi connectivity index (χ0n) is 18.5. The average Bonchev–Trinajstić information content (AvgIpc) is 2.84. The van der Waals surface area contributed by atoms with Crippen molar-refractivity contribution in [3.8, 4) is 0 Å². The van der Waals surface area contributed by atoms with E-state index in [0.29, 0.717) is 20.0 Å². The fourth-order valence-electron chi connectivity index (χ4n) is 5.99. The maximum Gasteiger partial charge on any atom is 0.228 e. The number of nitrogens with zero attached hydrogens (tertiary/aromatic N) is 3. The number of amides is 3. The molecule has 3 aliphatic carbocycles. The first-order valence-electron chi connectivity index (χ1n) is 12.5. The van der Waals surface area contributed by atoms with Gasteiger partial charge in [-0.15, -0.1) is 0 Å². The van der Waals surface area contributed by atoms with Crippen molar-refractivity contribution in [3.63, 3.8) is 0 Å². The summed E-state index contributed by atoms with van der Waals surface area (Å²) < 4.78 is 0. The molecule has 1 saturated heterocycles. The van der Waals surface area contributed by atoms with Gasteiger partial charge in [0.05, 0.1) is 20.0 Å². The van der Waals surface area contributed by atoms with Gasteiger partial charge < -0.3 is 14.7 Å². The first-order valence-corrected chi connectivity index (χ1v) is 12.5. The summed E-state index contributed by atoms with van der Waals surface area (Å²) in [7, 11) is 0. The van der Waals surface area contributed by atoms with Crippen LogP contribution in [0.1, 0.15) is 96.3 Å². The second-order valence-corrected chi connectivity index (χ2v) is 10.1. The summed E-state index contributed by atoms with van der Waals surface area (Å²) in [5.74, 6) is 0.646. The van der Waals surface area contributed by atoms with Crippen molar-refractivity contribution in [2.45, 2.75) is 96.3 Å². The molecule has 1 heterocycles. The summed E-state index contributed by atoms with van der Waals surface area (Å²) in [6.45, 7) is 1.08. The maximum absolute atomic E-state index is 13.3. The molecule has 0 aromatic rings. The quantitative estimate of drug-likeness (QED) is 0.695. The Hall–Kier alpha value is -1.59. The van der Waals surface area contributed by atoms with E-state index in [9.17, 15) is 14.4 Å². The van der Waals surface area contributed by atoms with Gasteiger partial charge in [0.1, 0.15) is 0 Å². The summed E-state index contributed by atoms with van der Waals surface area (Å²) in [6, 6.07) is 0. The molecule has 4 fully saturated rings. The molecular weight excluding hydrogens is 378 g/mol. The summed E-state index contributed by atoms with van der Waals surface area (Å²) in [6.07, 6.45) is 16.0. The number of hydrogen-bond donors (Lipinski definition) is 0. The summed E-state index contributed by atoms with van der Waals surface area (Å²) in [4.78, 5) is 45.3. The molecule has 0 atom stereocenters. The lowest BCUT2D eigenvalue weighted by molar-refractivity contribution is -0.165. The second kappa shape index (κ2) is 10.1. The maximum atomic E-state index is 13.3. The molecule has 4 rings (SSSR count). The smallest absolute Gasteiger partial charge is 0.228 e. The van der Waals surface area contributed by atoms with Crippen LogP contribution < -0.4 is 0 Å². The largest absolute Gasteiger partial charge is 0.307 e. The first-order chi connectivity index (χ1) is 14.6. The van der Waals surface area contributed by atoms with Gasteiger partial charge in [-0.25, -0.2) is 0 Å². The molecule has 0 spiro atoms. The fraction of sp³-hybridized carbons (Fsp3) is 0.875. The van der Waals surface area contributed by atoms with Crippen molar-refractivity contribution in [3.05, 3.63) is 0 Å². The highest BCUT2D eigenvalue weighted by Crippen LogP contribution is 2.30. The van der Waals surface area contributed by atoms with Crippen molar-refractivity contribution >= 4 is 17.7 Å². The molecule has 0 unspecified atom stereocenters. The molecule has 0 aromatic carbocycles. The highest BCUT2D eigenvalue weighted by Gasteiger charge is 2.38. The molecule has 30 heavy (non-hydrogen) atoms. The van der Waals surface area contributed by atoms with Crippen LogP contribution in [0, 0.1) is 17.8 Å². The van der Waals surface area contributed by atoms with E-state index in [1.807, 2.05) is 0 Å². The second-order valence-electron chi connectivity index (χ2n) is 10.1. The lowest BCUT2D eigenvalue weighted by atomic mass is 9.87. The zero-order chi connectivity index (χ0) is 20.9. The van der Waals surface area contributed by atoms with Crippen molar-refractivity contribution in [2.75, 3.05) is 20.0 Å². The molecular formula is C24H39N3O3. The standard InChI is InChI=1S/C24H39N3O3/c28-22(19-10-4-1-5-11-19)25-16-26(23(29)20-12-6-2-7-13-20)18-27(17-25)24(30)21-14-8-3-9-15-21/h19-21H,1-18H2. The number of carbonyl (C=O) groups is 3. The fourth-order valence-corrected chi connectivity index (χ4v) is 5.99. The van der Waals surface area contributed by atoms with Gasteiger partial charge in [-0.1, -0.05) is 57.8 Å². The van der Waals surface area contributed by atoms with Crippen molar-refractivity contribution < 1.29 is 14.4 Å². The van der Waals surface area contributed by atoms with Gasteiger partial charge in [0, 0.05) is 17.8 Å². The van der Waals surface area contributed by atoms with Crippen molar-refractivity contribution in [2.24, 2.45) is 17.8 Å². The van der Waals surface area contributed by atoms with E-state index in [0.717, 1.165) is 77.0 Å². The van der Waals surface area contributed by atoms with Gasteiger partial charge in [0.2, 0.25) is 17.7 Å². The molecule has 0 radical (unpaired) electrons. The number of rotatable bonds is 3. The van der Waals surface area contributed by atoms with Crippen LogP contribution in [0.3, 0.4) is 0 Å². The Kier molecular flexibility index (Phi) is 7.32. The molecule has 6 nitrogen and oxygen atoms in total. The lowest BCUT2D eigenvalue weighted by Gasteiger charge is -2.45. The molecule has 4 aliphatic rings. The van der Waals surface area contributed by atoms with E-state index in [-0.39, 0.29) is 35.5 Å².